The van der Waals surface area contributed by atoms with E-state index in [0.717, 1.165) is 0 Å². The van der Waals surface area contributed by atoms with Crippen LogP contribution in [-0.4, -0.2) is 0 Å². The number of hydrogen-bond donors (Lipinski definition) is 0. The van der Waals surface area contributed by atoms with Crippen LogP contribution in [0.15, 0.2) is 42.6 Å². The Kier molecular flexibility index (Phi) is 4.07. The van der Waals surface area contributed by atoms with Crippen molar-refractivity contribution in [2.24, 2.45) is 0 Å². The second-order valence-corrected chi connectivity index (χ2v) is 5.92. The lowest BCUT2D eigenvalue weighted by atomic mass is 10.0. The van der Waals surface area contributed by atoms with Crippen LogP contribution in [0.1, 0.15) is 16.1 Å². The molecule has 0 aliphatic carbocycles. The highest BCUT2D eigenvalue weighted by Crippen LogP contribution is 2.26. The summed E-state index contributed by atoms with van der Waals surface area (Å²) in [6.45, 7) is 6.55. The quantitative estimate of drug-likeness (QED) is 0.587. The molecule has 98 valence electrons. The Balaban J connectivity index is 0.00000133. The zero-order chi connectivity index (χ0) is 12.7. The van der Waals surface area contributed by atoms with Crippen molar-refractivity contribution in [3.8, 4) is 11.1 Å². The monoisotopic (exact) mass is 333 g/mol. The highest BCUT2D eigenvalue weighted by molar-refractivity contribution is 7.16. The third-order valence-electron chi connectivity index (χ3n) is 3.47. The van der Waals surface area contributed by atoms with Crippen LogP contribution in [0.2, 0.25) is 0 Å². The first-order valence-electron chi connectivity index (χ1n) is 6.14. The molecule has 19 heavy (non-hydrogen) atoms. The number of fused-ring (bicyclic) bond motifs is 1. The van der Waals surface area contributed by atoms with E-state index in [0.29, 0.717) is 0 Å². The molecule has 1 aromatic carbocycles. The van der Waals surface area contributed by atoms with Gasteiger partial charge in [-0.25, -0.2) is 0 Å². The molecule has 3 heteroatoms. The van der Waals surface area contributed by atoms with Crippen LogP contribution in [0.25, 0.3) is 16.0 Å². The first-order valence-corrected chi connectivity index (χ1v) is 6.96. The van der Waals surface area contributed by atoms with Gasteiger partial charge in [-0.2, -0.15) is 4.40 Å². The fourth-order valence-corrected chi connectivity index (χ4v) is 3.33. The zero-order valence-corrected chi connectivity index (χ0v) is 13.7. The van der Waals surface area contributed by atoms with Crippen molar-refractivity contribution in [3.05, 3.63) is 58.7 Å². The van der Waals surface area contributed by atoms with Crippen molar-refractivity contribution >= 4 is 16.2 Å². The van der Waals surface area contributed by atoms with Gasteiger partial charge in [0.2, 0.25) is 0 Å². The Hall–Kier alpha value is -1.19. The van der Waals surface area contributed by atoms with E-state index in [1.54, 1.807) is 0 Å². The Bertz CT molecular complexity index is 716. The maximum absolute atomic E-state index is 2.30. The van der Waals surface area contributed by atoms with E-state index in [1.807, 2.05) is 11.3 Å². The second-order valence-electron chi connectivity index (χ2n) is 4.69. The van der Waals surface area contributed by atoms with Gasteiger partial charge in [-0.15, -0.1) is 0 Å². The zero-order valence-electron chi connectivity index (χ0n) is 11.3. The van der Waals surface area contributed by atoms with Crippen LogP contribution in [0.5, 0.6) is 0 Å². The number of aryl methyl sites for hydroxylation is 3. The van der Waals surface area contributed by atoms with E-state index < -0.39 is 0 Å². The normalized spacial score (nSPS) is 10.5. The van der Waals surface area contributed by atoms with Crippen LogP contribution < -0.4 is 21.4 Å². The van der Waals surface area contributed by atoms with Gasteiger partial charge < -0.3 is 17.0 Å². The van der Waals surface area contributed by atoms with Crippen LogP contribution in [0.3, 0.4) is 0 Å². The molecule has 2 heterocycles. The first-order chi connectivity index (χ1) is 8.66. The minimum atomic E-state index is 0. The lowest BCUT2D eigenvalue weighted by molar-refractivity contribution is -0.515. The number of rotatable bonds is 1. The standard InChI is InChI=1S/C16H16NS.BrH/c1-11-10-17-12(2)13(3)18-16(17)9-15(11)14-7-5-4-6-8-14;/h4-10H,1-3H3;1H/q+1;/p-1. The second kappa shape index (κ2) is 5.43. The maximum atomic E-state index is 2.30. The molecule has 0 saturated heterocycles. The fraction of sp³-hybridized carbons (Fsp3) is 0.188. The van der Waals surface area contributed by atoms with E-state index in [-0.39, 0.29) is 17.0 Å². The maximum Gasteiger partial charge on any atom is 0.268 e. The average Bonchev–Trinajstić information content (AvgIpc) is 2.66. The first kappa shape index (κ1) is 14.2. The summed E-state index contributed by atoms with van der Waals surface area (Å²) < 4.78 is 2.29. The third-order valence-corrected chi connectivity index (χ3v) is 4.59. The predicted molar refractivity (Wildman–Crippen MR) is 77.1 cm³/mol. The molecule has 0 saturated carbocycles. The van der Waals surface area contributed by atoms with Gasteiger partial charge in [0.15, 0.2) is 11.9 Å². The molecular formula is C16H16BrNS. The van der Waals surface area contributed by atoms with Crippen molar-refractivity contribution in [1.29, 1.82) is 0 Å². The summed E-state index contributed by atoms with van der Waals surface area (Å²) in [7, 11) is 0. The number of pyridine rings is 1. The lowest BCUT2D eigenvalue weighted by Crippen LogP contribution is -3.00. The fourth-order valence-electron chi connectivity index (χ4n) is 2.30. The van der Waals surface area contributed by atoms with Gasteiger partial charge in [0.1, 0.15) is 0 Å². The number of halogens is 1. The molecule has 0 spiro atoms. The van der Waals surface area contributed by atoms with Crippen molar-refractivity contribution in [3.63, 3.8) is 0 Å². The van der Waals surface area contributed by atoms with E-state index in [2.05, 4.69) is 67.8 Å². The molecule has 0 aliphatic heterocycles. The Morgan fingerprint density at radius 1 is 1.00 bits per heavy atom. The summed E-state index contributed by atoms with van der Waals surface area (Å²) >= 11 is 1.86. The average molecular weight is 334 g/mol. The van der Waals surface area contributed by atoms with Gasteiger partial charge in [0.25, 0.3) is 4.83 Å². The molecular weight excluding hydrogens is 318 g/mol. The molecule has 1 nitrogen and oxygen atoms in total. The number of benzene rings is 1. The van der Waals surface area contributed by atoms with Crippen LogP contribution in [0, 0.1) is 20.8 Å². The smallest absolute Gasteiger partial charge is 0.268 e. The van der Waals surface area contributed by atoms with Crippen LogP contribution in [0.4, 0.5) is 0 Å². The van der Waals surface area contributed by atoms with Gasteiger partial charge in [-0.1, -0.05) is 41.7 Å². The predicted octanol–water partition coefficient (Wildman–Crippen LogP) is 1.08. The summed E-state index contributed by atoms with van der Waals surface area (Å²) in [6.07, 6.45) is 2.25. The molecule has 2 aromatic heterocycles. The van der Waals surface area contributed by atoms with Crippen molar-refractivity contribution in [2.45, 2.75) is 20.8 Å². The van der Waals surface area contributed by atoms with Gasteiger partial charge >= 0.3 is 0 Å². The van der Waals surface area contributed by atoms with E-state index in [4.69, 9.17) is 0 Å². The topological polar surface area (TPSA) is 4.10 Å². The molecule has 3 aromatic rings. The highest BCUT2D eigenvalue weighted by Gasteiger charge is 2.16. The van der Waals surface area contributed by atoms with Crippen molar-refractivity contribution < 1.29 is 21.4 Å². The molecule has 0 N–H and O–H groups in total. The van der Waals surface area contributed by atoms with Gasteiger partial charge in [0.05, 0.1) is 4.88 Å². The molecule has 0 atom stereocenters. The highest BCUT2D eigenvalue weighted by atomic mass is 79.9. The summed E-state index contributed by atoms with van der Waals surface area (Å²) in [4.78, 5) is 2.70. The number of hydrogen-bond acceptors (Lipinski definition) is 1. The molecule has 0 fully saturated rings. The molecule has 0 bridgehead atoms. The number of nitrogens with zero attached hydrogens (tertiary/aromatic N) is 1. The Morgan fingerprint density at radius 2 is 1.68 bits per heavy atom. The summed E-state index contributed by atoms with van der Waals surface area (Å²) in [5, 5.41) is 0. The van der Waals surface area contributed by atoms with Crippen LogP contribution in [-0.2, 0) is 0 Å². The summed E-state index contributed by atoms with van der Waals surface area (Å²) in [5.41, 5.74) is 5.29. The minimum absolute atomic E-state index is 0. The van der Waals surface area contributed by atoms with Gasteiger partial charge in [-0.3, -0.25) is 0 Å². The molecule has 0 radical (unpaired) electrons. The molecule has 3 rings (SSSR count). The number of thiazole rings is 1. The van der Waals surface area contributed by atoms with Crippen molar-refractivity contribution in [1.82, 2.24) is 0 Å². The SMILES string of the molecule is Cc1c[n+]2c(C)c(C)sc2cc1-c1ccccc1.[Br-]. The largest absolute Gasteiger partial charge is 1.00 e. The molecule has 0 aliphatic rings. The van der Waals surface area contributed by atoms with Crippen LogP contribution >= 0.6 is 11.3 Å². The van der Waals surface area contributed by atoms with Gasteiger partial charge in [0, 0.05) is 18.6 Å². The minimum Gasteiger partial charge on any atom is -1.00 e. The molecule has 0 unspecified atom stereocenters. The molecule has 0 amide bonds. The Morgan fingerprint density at radius 3 is 2.37 bits per heavy atom. The van der Waals surface area contributed by atoms with Crippen molar-refractivity contribution in [2.75, 3.05) is 0 Å². The summed E-state index contributed by atoms with van der Waals surface area (Å²) in [6, 6.07) is 12.9. The third kappa shape index (κ3) is 2.45. The number of aromatic nitrogens is 1. The van der Waals surface area contributed by atoms with E-state index >= 15 is 0 Å². The van der Waals surface area contributed by atoms with E-state index in [9.17, 15) is 0 Å². The Labute approximate surface area is 128 Å². The van der Waals surface area contributed by atoms with E-state index in [1.165, 1.54) is 32.1 Å². The van der Waals surface area contributed by atoms with Gasteiger partial charge in [-0.05, 0) is 25.0 Å². The summed E-state index contributed by atoms with van der Waals surface area (Å²) in [5.74, 6) is 0. The lowest BCUT2D eigenvalue weighted by Gasteiger charge is -2.03.